The number of nitrogens with zero attached hydrogens (tertiary/aromatic N) is 4. The topological polar surface area (TPSA) is 67.5 Å². The molecule has 1 aliphatic heterocycles. The quantitative estimate of drug-likeness (QED) is 0.265. The molecule has 0 atom stereocenters. The van der Waals surface area contributed by atoms with Crippen LogP contribution in [0.2, 0.25) is 0 Å². The SMILES string of the molecule is CN1CCN(c2ccc(-c3cnc4[nH]cc(-c5ccc(C(=O)N(C)C)cc5)c4c3)cc2NCc2ccccc2)CC1. The summed E-state index contributed by atoms with van der Waals surface area (Å²) in [4.78, 5) is 26.9. The molecule has 2 N–H and O–H groups in total. The lowest BCUT2D eigenvalue weighted by Gasteiger charge is -2.35. The number of aromatic nitrogens is 2. The van der Waals surface area contributed by atoms with E-state index in [0.717, 1.165) is 71.7 Å². The van der Waals surface area contributed by atoms with Crippen LogP contribution in [0.5, 0.6) is 0 Å². The summed E-state index contributed by atoms with van der Waals surface area (Å²) in [6, 6.07) is 27.2. The van der Waals surface area contributed by atoms with Crippen LogP contribution < -0.4 is 10.2 Å². The van der Waals surface area contributed by atoms with Crippen molar-refractivity contribution in [2.45, 2.75) is 6.54 Å². The van der Waals surface area contributed by atoms with Crippen LogP contribution in [0.15, 0.2) is 91.3 Å². The summed E-state index contributed by atoms with van der Waals surface area (Å²) in [6.07, 6.45) is 3.93. The summed E-state index contributed by atoms with van der Waals surface area (Å²) in [5.74, 6) is -0.00359. The predicted octanol–water partition coefficient (Wildman–Crippen LogP) is 5.96. The molecule has 1 fully saturated rings. The van der Waals surface area contributed by atoms with Crippen molar-refractivity contribution in [2.24, 2.45) is 0 Å². The summed E-state index contributed by atoms with van der Waals surface area (Å²) in [7, 11) is 5.72. The molecular weight excluding hydrogens is 508 g/mol. The molecule has 0 bridgehead atoms. The van der Waals surface area contributed by atoms with Crippen molar-refractivity contribution in [1.82, 2.24) is 19.8 Å². The average Bonchev–Trinajstić information content (AvgIpc) is 3.44. The molecule has 208 valence electrons. The van der Waals surface area contributed by atoms with Gasteiger partial charge in [-0.2, -0.15) is 0 Å². The smallest absolute Gasteiger partial charge is 0.253 e. The molecule has 0 radical (unpaired) electrons. The van der Waals surface area contributed by atoms with Gasteiger partial charge in [-0.05, 0) is 54.1 Å². The normalized spacial score (nSPS) is 13.9. The van der Waals surface area contributed by atoms with Crippen LogP contribution in [0.3, 0.4) is 0 Å². The largest absolute Gasteiger partial charge is 0.379 e. The van der Waals surface area contributed by atoms with Gasteiger partial charge in [-0.1, -0.05) is 48.5 Å². The van der Waals surface area contributed by atoms with E-state index in [2.05, 4.69) is 81.7 Å². The molecule has 1 amide bonds. The van der Waals surface area contributed by atoms with Crippen LogP contribution in [0.25, 0.3) is 33.3 Å². The number of nitrogens with one attached hydrogen (secondary N) is 2. The molecule has 3 aromatic carbocycles. The lowest BCUT2D eigenvalue weighted by molar-refractivity contribution is 0.0827. The maximum Gasteiger partial charge on any atom is 0.253 e. The van der Waals surface area contributed by atoms with E-state index in [9.17, 15) is 4.79 Å². The van der Waals surface area contributed by atoms with Crippen molar-refractivity contribution in [3.63, 3.8) is 0 Å². The van der Waals surface area contributed by atoms with Gasteiger partial charge in [0.1, 0.15) is 5.65 Å². The van der Waals surface area contributed by atoms with Crippen LogP contribution in [-0.4, -0.2) is 73.0 Å². The van der Waals surface area contributed by atoms with Crippen LogP contribution in [-0.2, 0) is 6.54 Å². The van der Waals surface area contributed by atoms with Gasteiger partial charge in [0.25, 0.3) is 5.91 Å². The first kappa shape index (κ1) is 26.6. The number of aromatic amines is 1. The minimum Gasteiger partial charge on any atom is -0.379 e. The Morgan fingerprint density at radius 2 is 1.63 bits per heavy atom. The molecule has 5 aromatic rings. The minimum atomic E-state index is -0.00359. The second-order valence-corrected chi connectivity index (χ2v) is 11.0. The third-order valence-electron chi connectivity index (χ3n) is 7.88. The number of carbonyl (C=O) groups is 1. The van der Waals surface area contributed by atoms with Gasteiger partial charge >= 0.3 is 0 Å². The molecule has 1 saturated heterocycles. The predicted molar refractivity (Wildman–Crippen MR) is 168 cm³/mol. The van der Waals surface area contributed by atoms with Crippen molar-refractivity contribution in [3.8, 4) is 22.3 Å². The summed E-state index contributed by atoms with van der Waals surface area (Å²) in [6.45, 7) is 4.89. The van der Waals surface area contributed by atoms with E-state index in [1.807, 2.05) is 36.7 Å². The zero-order chi connectivity index (χ0) is 28.3. The zero-order valence-electron chi connectivity index (χ0n) is 23.9. The molecule has 0 spiro atoms. The number of H-pyrrole nitrogens is 1. The van der Waals surface area contributed by atoms with Gasteiger partial charge in [0.15, 0.2) is 0 Å². The van der Waals surface area contributed by atoms with Crippen molar-refractivity contribution in [1.29, 1.82) is 0 Å². The number of anilines is 2. The first-order valence-electron chi connectivity index (χ1n) is 14.1. The molecule has 7 heteroatoms. The third-order valence-corrected chi connectivity index (χ3v) is 7.88. The molecule has 41 heavy (non-hydrogen) atoms. The summed E-state index contributed by atoms with van der Waals surface area (Å²) in [5.41, 5.74) is 9.42. The van der Waals surface area contributed by atoms with E-state index in [-0.39, 0.29) is 5.91 Å². The number of hydrogen-bond donors (Lipinski definition) is 2. The van der Waals surface area contributed by atoms with Gasteiger partial charge in [-0.25, -0.2) is 4.98 Å². The lowest BCUT2D eigenvalue weighted by atomic mass is 10.0. The molecule has 6 rings (SSSR count). The Morgan fingerprint density at radius 3 is 2.37 bits per heavy atom. The fourth-order valence-electron chi connectivity index (χ4n) is 5.42. The molecule has 0 saturated carbocycles. The molecule has 1 aliphatic rings. The number of fused-ring (bicyclic) bond motifs is 1. The second kappa shape index (κ2) is 11.5. The Morgan fingerprint density at radius 1 is 0.902 bits per heavy atom. The Kier molecular flexibility index (Phi) is 7.44. The van der Waals surface area contributed by atoms with Gasteiger partial charge in [0, 0.05) is 81.3 Å². The fourth-order valence-corrected chi connectivity index (χ4v) is 5.42. The summed E-state index contributed by atoms with van der Waals surface area (Å²) < 4.78 is 0. The number of benzene rings is 3. The Balaban J connectivity index is 1.33. The van der Waals surface area contributed by atoms with Gasteiger partial charge < -0.3 is 25.0 Å². The van der Waals surface area contributed by atoms with Crippen molar-refractivity contribution in [2.75, 3.05) is 57.5 Å². The zero-order valence-corrected chi connectivity index (χ0v) is 23.9. The van der Waals surface area contributed by atoms with E-state index in [1.165, 1.54) is 11.3 Å². The summed E-state index contributed by atoms with van der Waals surface area (Å²) >= 11 is 0. The Bertz CT molecular complexity index is 1650. The lowest BCUT2D eigenvalue weighted by Crippen LogP contribution is -2.44. The van der Waals surface area contributed by atoms with E-state index < -0.39 is 0 Å². The third kappa shape index (κ3) is 5.67. The number of pyridine rings is 1. The van der Waals surface area contributed by atoms with E-state index >= 15 is 0 Å². The highest BCUT2D eigenvalue weighted by Crippen LogP contribution is 2.35. The van der Waals surface area contributed by atoms with E-state index in [0.29, 0.717) is 5.56 Å². The number of likely N-dealkylation sites (N-methyl/N-ethyl adjacent to an activating group) is 1. The molecule has 0 unspecified atom stereocenters. The minimum absolute atomic E-state index is 0.00359. The molecule has 2 aromatic heterocycles. The first-order chi connectivity index (χ1) is 20.0. The van der Waals surface area contributed by atoms with Gasteiger partial charge in [-0.3, -0.25) is 4.79 Å². The highest BCUT2D eigenvalue weighted by molar-refractivity contribution is 5.98. The first-order valence-corrected chi connectivity index (χ1v) is 14.1. The maximum atomic E-state index is 12.3. The van der Waals surface area contributed by atoms with Gasteiger partial charge in [0.05, 0.1) is 11.4 Å². The second-order valence-electron chi connectivity index (χ2n) is 11.0. The van der Waals surface area contributed by atoms with E-state index in [4.69, 9.17) is 4.98 Å². The van der Waals surface area contributed by atoms with Crippen molar-refractivity contribution in [3.05, 3.63) is 102 Å². The number of rotatable bonds is 7. The van der Waals surface area contributed by atoms with Gasteiger partial charge in [-0.15, -0.1) is 0 Å². The summed E-state index contributed by atoms with van der Waals surface area (Å²) in [5, 5.41) is 4.78. The fraction of sp³-hybridized carbons (Fsp3) is 0.235. The van der Waals surface area contributed by atoms with Crippen molar-refractivity contribution < 1.29 is 4.79 Å². The molecule has 3 heterocycles. The highest BCUT2D eigenvalue weighted by Gasteiger charge is 2.18. The standard InChI is InChI=1S/C34H36N6O/c1-38(2)34(41)26-11-9-25(10-12-26)30-23-37-33-29(30)19-28(22-36-33)27-13-14-32(40-17-15-39(3)16-18-40)31(20-27)35-21-24-7-5-4-6-8-24/h4-14,19-20,22-23,35H,15-18,21H2,1-3H3,(H,36,37). The number of piperazine rings is 1. The van der Waals surface area contributed by atoms with Crippen molar-refractivity contribution >= 4 is 28.3 Å². The maximum absolute atomic E-state index is 12.3. The highest BCUT2D eigenvalue weighted by atomic mass is 16.2. The average molecular weight is 545 g/mol. The van der Waals surface area contributed by atoms with Gasteiger partial charge in [0.2, 0.25) is 0 Å². The van der Waals surface area contributed by atoms with Crippen LogP contribution in [0.4, 0.5) is 11.4 Å². The Labute approximate surface area is 241 Å². The number of amides is 1. The number of carbonyl (C=O) groups excluding carboxylic acids is 1. The Hall–Kier alpha value is -4.62. The van der Waals surface area contributed by atoms with Crippen LogP contribution in [0.1, 0.15) is 15.9 Å². The molecular formula is C34H36N6O. The molecule has 0 aliphatic carbocycles. The molecule has 7 nitrogen and oxygen atoms in total. The van der Waals surface area contributed by atoms with Crippen LogP contribution >= 0.6 is 0 Å². The van der Waals surface area contributed by atoms with Crippen LogP contribution in [0, 0.1) is 0 Å². The van der Waals surface area contributed by atoms with E-state index in [1.54, 1.807) is 19.0 Å². The monoisotopic (exact) mass is 544 g/mol. The number of hydrogen-bond acceptors (Lipinski definition) is 5.